The van der Waals surface area contributed by atoms with Crippen LogP contribution in [0.1, 0.15) is 50.7 Å². The van der Waals surface area contributed by atoms with Crippen molar-refractivity contribution in [3.63, 3.8) is 0 Å². The molecule has 2 aromatic rings. The van der Waals surface area contributed by atoms with E-state index in [1.54, 1.807) is 20.8 Å². The molecule has 0 bridgehead atoms. The molecule has 2 aliphatic rings. The average molecular weight is 467 g/mol. The zero-order valence-corrected chi connectivity index (χ0v) is 19.7. The summed E-state index contributed by atoms with van der Waals surface area (Å²) < 4.78 is 16.3. The highest BCUT2D eigenvalue weighted by molar-refractivity contribution is 5.79. The van der Waals surface area contributed by atoms with Crippen molar-refractivity contribution in [3.05, 3.63) is 59.7 Å². The Balaban J connectivity index is 1.38. The lowest BCUT2D eigenvalue weighted by molar-refractivity contribution is -0.152. The molecular weight excluding hydrogens is 436 g/mol. The first-order valence-corrected chi connectivity index (χ1v) is 11.4. The fraction of sp³-hybridized carbons (Fsp3) is 0.423. The van der Waals surface area contributed by atoms with E-state index in [-0.39, 0.29) is 38.5 Å². The third kappa shape index (κ3) is 5.00. The molecule has 34 heavy (non-hydrogen) atoms. The number of nitrogens with one attached hydrogen (secondary N) is 1. The summed E-state index contributed by atoms with van der Waals surface area (Å²) in [7, 11) is 0. The second-order valence-corrected chi connectivity index (χ2v) is 9.63. The number of carbonyl (C=O) groups is 3. The van der Waals surface area contributed by atoms with Gasteiger partial charge >= 0.3 is 12.2 Å². The minimum absolute atomic E-state index is 0.0740. The number of rotatable bonds is 5. The molecule has 0 saturated carbocycles. The maximum atomic E-state index is 12.7. The standard InChI is InChI=1S/C26H30N2O6/c1-25(2,3)34-24(31)28-14-12-26(13-15-28,33-17-29)27-23(30)32-16-22-20-10-6-4-8-18(20)19-9-5-7-11-21(19)22/h4-11,17,22H,12-16H2,1-3H3,(H,27,30). The number of hydrogen-bond acceptors (Lipinski definition) is 6. The summed E-state index contributed by atoms with van der Waals surface area (Å²) in [6.07, 6.45) is -0.646. The number of hydrogen-bond donors (Lipinski definition) is 1. The molecule has 1 N–H and O–H groups in total. The molecule has 0 radical (unpaired) electrons. The minimum atomic E-state index is -1.23. The molecule has 1 fully saturated rings. The van der Waals surface area contributed by atoms with Gasteiger partial charge in [0, 0.05) is 31.8 Å². The van der Waals surface area contributed by atoms with E-state index in [1.807, 2.05) is 36.4 Å². The number of likely N-dealkylation sites (tertiary alicyclic amines) is 1. The molecule has 1 aliphatic carbocycles. The molecule has 8 heteroatoms. The molecular formula is C26H30N2O6. The van der Waals surface area contributed by atoms with Crippen LogP contribution < -0.4 is 5.32 Å². The van der Waals surface area contributed by atoms with Crippen LogP contribution in [0.5, 0.6) is 0 Å². The quantitative estimate of drug-likeness (QED) is 0.398. The summed E-state index contributed by atoms with van der Waals surface area (Å²) in [6.45, 7) is 6.40. The van der Waals surface area contributed by atoms with Crippen LogP contribution in [0.2, 0.25) is 0 Å². The van der Waals surface area contributed by atoms with Crippen molar-refractivity contribution in [1.29, 1.82) is 0 Å². The van der Waals surface area contributed by atoms with Crippen LogP contribution in [0.25, 0.3) is 11.1 Å². The molecule has 180 valence electrons. The maximum Gasteiger partial charge on any atom is 0.410 e. The highest BCUT2D eigenvalue weighted by Gasteiger charge is 2.41. The fourth-order valence-corrected chi connectivity index (χ4v) is 4.56. The zero-order valence-electron chi connectivity index (χ0n) is 19.7. The fourth-order valence-electron chi connectivity index (χ4n) is 4.56. The largest absolute Gasteiger partial charge is 0.448 e. The van der Waals surface area contributed by atoms with Crippen LogP contribution >= 0.6 is 0 Å². The number of benzene rings is 2. The zero-order chi connectivity index (χ0) is 24.3. The summed E-state index contributed by atoms with van der Waals surface area (Å²) in [4.78, 5) is 37.8. The normalized spacial score (nSPS) is 16.7. The molecule has 1 saturated heterocycles. The highest BCUT2D eigenvalue weighted by Crippen LogP contribution is 2.44. The third-order valence-electron chi connectivity index (χ3n) is 6.17. The molecule has 4 rings (SSSR count). The van der Waals surface area contributed by atoms with Gasteiger partial charge in [0.2, 0.25) is 0 Å². The van der Waals surface area contributed by atoms with Crippen LogP contribution in [0.4, 0.5) is 9.59 Å². The summed E-state index contributed by atoms with van der Waals surface area (Å²) in [6, 6.07) is 16.2. The summed E-state index contributed by atoms with van der Waals surface area (Å²) in [5.74, 6) is -0.0740. The molecule has 1 heterocycles. The van der Waals surface area contributed by atoms with E-state index >= 15 is 0 Å². The van der Waals surface area contributed by atoms with Gasteiger partial charge in [0.15, 0.2) is 5.72 Å². The topological polar surface area (TPSA) is 94.2 Å². The Morgan fingerprint density at radius 2 is 1.59 bits per heavy atom. The second-order valence-electron chi connectivity index (χ2n) is 9.63. The summed E-state index contributed by atoms with van der Waals surface area (Å²) in [5, 5.41) is 2.72. The second kappa shape index (κ2) is 9.37. The summed E-state index contributed by atoms with van der Waals surface area (Å²) in [5.41, 5.74) is 2.67. The number of piperidine rings is 1. The predicted molar refractivity (Wildman–Crippen MR) is 125 cm³/mol. The molecule has 8 nitrogen and oxygen atoms in total. The van der Waals surface area contributed by atoms with Crippen LogP contribution in [-0.4, -0.2) is 54.6 Å². The van der Waals surface area contributed by atoms with Gasteiger partial charge in [-0.15, -0.1) is 0 Å². The summed E-state index contributed by atoms with van der Waals surface area (Å²) >= 11 is 0. The van der Waals surface area contributed by atoms with Crippen molar-refractivity contribution in [3.8, 4) is 11.1 Å². The number of alkyl carbamates (subject to hydrolysis) is 1. The number of carbonyl (C=O) groups excluding carboxylic acids is 3. The van der Waals surface area contributed by atoms with E-state index in [9.17, 15) is 14.4 Å². The molecule has 2 aromatic carbocycles. The smallest absolute Gasteiger partial charge is 0.410 e. The Kier molecular flexibility index (Phi) is 6.50. The van der Waals surface area contributed by atoms with Crippen LogP contribution in [0.15, 0.2) is 48.5 Å². The third-order valence-corrected chi connectivity index (χ3v) is 6.17. The van der Waals surface area contributed by atoms with E-state index in [0.717, 1.165) is 22.3 Å². The van der Waals surface area contributed by atoms with E-state index in [1.165, 1.54) is 4.90 Å². The maximum absolute atomic E-state index is 12.7. The first kappa shape index (κ1) is 23.6. The van der Waals surface area contributed by atoms with Gasteiger partial charge in [-0.3, -0.25) is 10.1 Å². The molecule has 0 spiro atoms. The van der Waals surface area contributed by atoms with Crippen molar-refractivity contribution in [1.82, 2.24) is 10.2 Å². The Bertz CT molecular complexity index is 1020. The van der Waals surface area contributed by atoms with Crippen LogP contribution in [0.3, 0.4) is 0 Å². The number of ether oxygens (including phenoxy) is 3. The molecule has 1 aliphatic heterocycles. The lowest BCUT2D eigenvalue weighted by Crippen LogP contribution is -2.58. The Labute approximate surface area is 199 Å². The molecule has 2 amide bonds. The highest BCUT2D eigenvalue weighted by atomic mass is 16.6. The van der Waals surface area contributed by atoms with Gasteiger partial charge < -0.3 is 19.1 Å². The van der Waals surface area contributed by atoms with Crippen molar-refractivity contribution in [2.45, 2.75) is 50.9 Å². The van der Waals surface area contributed by atoms with Gasteiger partial charge in [0.25, 0.3) is 6.47 Å². The Morgan fingerprint density at radius 1 is 1.03 bits per heavy atom. The lowest BCUT2D eigenvalue weighted by Gasteiger charge is -2.40. The first-order chi connectivity index (χ1) is 16.2. The molecule has 0 atom stereocenters. The molecule has 0 aromatic heterocycles. The van der Waals surface area contributed by atoms with Crippen molar-refractivity contribution in [2.24, 2.45) is 0 Å². The number of nitrogens with zero attached hydrogens (tertiary/aromatic N) is 1. The van der Waals surface area contributed by atoms with Gasteiger partial charge in [0.1, 0.15) is 12.2 Å². The number of amides is 2. The average Bonchev–Trinajstić information content (AvgIpc) is 3.11. The first-order valence-electron chi connectivity index (χ1n) is 11.4. The van der Waals surface area contributed by atoms with E-state index in [4.69, 9.17) is 14.2 Å². The van der Waals surface area contributed by atoms with Gasteiger partial charge in [-0.05, 0) is 43.0 Å². The van der Waals surface area contributed by atoms with E-state index in [0.29, 0.717) is 6.47 Å². The minimum Gasteiger partial charge on any atom is -0.448 e. The van der Waals surface area contributed by atoms with Gasteiger partial charge in [-0.25, -0.2) is 9.59 Å². The van der Waals surface area contributed by atoms with Gasteiger partial charge in [0.05, 0.1) is 0 Å². The SMILES string of the molecule is CC(C)(C)OC(=O)N1CCC(NC(=O)OCC2c3ccccc3-c3ccccc32)(OC=O)CC1. The van der Waals surface area contributed by atoms with E-state index in [2.05, 4.69) is 17.4 Å². The lowest BCUT2D eigenvalue weighted by atomic mass is 9.98. The van der Waals surface area contributed by atoms with Crippen molar-refractivity contribution >= 4 is 18.7 Å². The monoisotopic (exact) mass is 466 g/mol. The van der Waals surface area contributed by atoms with Crippen molar-refractivity contribution < 1.29 is 28.6 Å². The Morgan fingerprint density at radius 3 is 2.12 bits per heavy atom. The van der Waals surface area contributed by atoms with Crippen molar-refractivity contribution in [2.75, 3.05) is 19.7 Å². The Hall–Kier alpha value is -3.55. The van der Waals surface area contributed by atoms with Crippen LogP contribution in [-0.2, 0) is 19.0 Å². The predicted octanol–water partition coefficient (Wildman–Crippen LogP) is 4.43. The van der Waals surface area contributed by atoms with Gasteiger partial charge in [-0.1, -0.05) is 48.5 Å². The van der Waals surface area contributed by atoms with Crippen LogP contribution in [0, 0.1) is 0 Å². The van der Waals surface area contributed by atoms with E-state index < -0.39 is 23.5 Å². The molecule has 0 unspecified atom stereocenters. The number of fused-ring (bicyclic) bond motifs is 3. The van der Waals surface area contributed by atoms with Gasteiger partial charge in [-0.2, -0.15) is 0 Å².